The van der Waals surface area contributed by atoms with Crippen molar-refractivity contribution in [2.24, 2.45) is 0 Å². The fourth-order valence-corrected chi connectivity index (χ4v) is 3.03. The van der Waals surface area contributed by atoms with Crippen molar-refractivity contribution >= 4 is 39.9 Å². The van der Waals surface area contributed by atoms with Crippen LogP contribution in [-0.2, 0) is 9.53 Å². The summed E-state index contributed by atoms with van der Waals surface area (Å²) in [6.45, 7) is 1.35. The topological polar surface area (TPSA) is 73.9 Å². The molecule has 29 heavy (non-hydrogen) atoms. The fraction of sp³-hybridized carbons (Fsp3) is 0.182. The van der Waals surface area contributed by atoms with E-state index in [2.05, 4.69) is 5.32 Å². The van der Waals surface area contributed by atoms with Gasteiger partial charge in [-0.3, -0.25) is 4.79 Å². The standard InChI is InChI=1S/C22H20ClNO5/c1-13-8-18(20(28-3)11-17(13)23)24-21(25)12-29-22(26)16-9-14-6-4-5-7-15(14)10-19(16)27-2/h4-11H,12H2,1-3H3,(H,24,25). The summed E-state index contributed by atoms with van der Waals surface area (Å²) in [6, 6.07) is 14.3. The van der Waals surface area contributed by atoms with Gasteiger partial charge in [-0.1, -0.05) is 35.9 Å². The highest BCUT2D eigenvalue weighted by molar-refractivity contribution is 6.31. The number of rotatable bonds is 6. The lowest BCUT2D eigenvalue weighted by Crippen LogP contribution is -2.21. The van der Waals surface area contributed by atoms with Crippen molar-refractivity contribution < 1.29 is 23.8 Å². The number of aryl methyl sites for hydroxylation is 1. The molecule has 0 saturated carbocycles. The van der Waals surface area contributed by atoms with Gasteiger partial charge in [0.25, 0.3) is 5.91 Å². The first-order valence-corrected chi connectivity index (χ1v) is 9.18. The smallest absolute Gasteiger partial charge is 0.342 e. The maximum absolute atomic E-state index is 12.5. The Kier molecular flexibility index (Phi) is 6.24. The molecule has 0 aliphatic rings. The lowest BCUT2D eigenvalue weighted by Gasteiger charge is -2.13. The van der Waals surface area contributed by atoms with Gasteiger partial charge in [-0.25, -0.2) is 4.79 Å². The van der Waals surface area contributed by atoms with Crippen LogP contribution in [0.3, 0.4) is 0 Å². The number of methoxy groups -OCH3 is 2. The number of carbonyl (C=O) groups excluding carboxylic acids is 2. The zero-order valence-electron chi connectivity index (χ0n) is 16.2. The number of benzene rings is 3. The molecule has 1 N–H and O–H groups in total. The van der Waals surface area contributed by atoms with Gasteiger partial charge in [0.15, 0.2) is 6.61 Å². The van der Waals surface area contributed by atoms with Gasteiger partial charge >= 0.3 is 5.97 Å². The van der Waals surface area contributed by atoms with E-state index in [9.17, 15) is 9.59 Å². The number of hydrogen-bond donors (Lipinski definition) is 1. The summed E-state index contributed by atoms with van der Waals surface area (Å²) in [5, 5.41) is 4.99. The second-order valence-electron chi connectivity index (χ2n) is 6.33. The largest absolute Gasteiger partial charge is 0.496 e. The summed E-state index contributed by atoms with van der Waals surface area (Å²) in [5.41, 5.74) is 1.47. The number of ether oxygens (including phenoxy) is 3. The molecule has 0 aliphatic carbocycles. The Morgan fingerprint density at radius 2 is 1.62 bits per heavy atom. The van der Waals surface area contributed by atoms with Gasteiger partial charge in [-0.15, -0.1) is 0 Å². The van der Waals surface area contributed by atoms with E-state index in [1.807, 2.05) is 31.2 Å². The predicted octanol–water partition coefficient (Wildman–Crippen LogP) is 4.61. The molecule has 0 spiro atoms. The molecule has 0 unspecified atom stereocenters. The molecule has 0 saturated heterocycles. The third-order valence-corrected chi connectivity index (χ3v) is 4.78. The van der Waals surface area contributed by atoms with Crippen LogP contribution in [0.2, 0.25) is 5.02 Å². The van der Waals surface area contributed by atoms with Gasteiger partial charge in [0.2, 0.25) is 0 Å². The highest BCUT2D eigenvalue weighted by atomic mass is 35.5. The normalized spacial score (nSPS) is 10.5. The second-order valence-corrected chi connectivity index (χ2v) is 6.73. The number of carbonyl (C=O) groups is 2. The zero-order chi connectivity index (χ0) is 21.0. The number of fused-ring (bicyclic) bond motifs is 1. The number of halogens is 1. The number of amides is 1. The first-order chi connectivity index (χ1) is 13.9. The summed E-state index contributed by atoms with van der Waals surface area (Å²) >= 11 is 6.07. The summed E-state index contributed by atoms with van der Waals surface area (Å²) in [6.07, 6.45) is 0. The molecule has 0 aliphatic heterocycles. The number of esters is 1. The molecular weight excluding hydrogens is 394 g/mol. The minimum atomic E-state index is -0.651. The van der Waals surface area contributed by atoms with E-state index in [4.69, 9.17) is 25.8 Å². The molecule has 3 aromatic rings. The third kappa shape index (κ3) is 4.60. The van der Waals surface area contributed by atoms with E-state index < -0.39 is 18.5 Å². The molecule has 150 valence electrons. The van der Waals surface area contributed by atoms with Crippen LogP contribution in [0, 0.1) is 6.92 Å². The van der Waals surface area contributed by atoms with Gasteiger partial charge < -0.3 is 19.5 Å². The molecular formula is C22H20ClNO5. The van der Waals surface area contributed by atoms with Crippen LogP contribution in [0.1, 0.15) is 15.9 Å². The summed E-state index contributed by atoms with van der Waals surface area (Å²) < 4.78 is 15.7. The third-order valence-electron chi connectivity index (χ3n) is 4.38. The first-order valence-electron chi connectivity index (χ1n) is 8.81. The van der Waals surface area contributed by atoms with Crippen LogP contribution in [-0.4, -0.2) is 32.7 Å². The van der Waals surface area contributed by atoms with Crippen LogP contribution < -0.4 is 14.8 Å². The predicted molar refractivity (Wildman–Crippen MR) is 112 cm³/mol. The van der Waals surface area contributed by atoms with Crippen molar-refractivity contribution in [3.8, 4) is 11.5 Å². The minimum absolute atomic E-state index is 0.249. The Morgan fingerprint density at radius 3 is 2.28 bits per heavy atom. The Hall–Kier alpha value is -3.25. The summed E-state index contributed by atoms with van der Waals surface area (Å²) in [4.78, 5) is 24.8. The van der Waals surface area contributed by atoms with E-state index in [-0.39, 0.29) is 5.56 Å². The average Bonchev–Trinajstić information content (AvgIpc) is 2.73. The quantitative estimate of drug-likeness (QED) is 0.597. The lowest BCUT2D eigenvalue weighted by atomic mass is 10.1. The monoisotopic (exact) mass is 413 g/mol. The van der Waals surface area contributed by atoms with Crippen molar-refractivity contribution in [2.45, 2.75) is 6.92 Å². The Balaban J connectivity index is 1.72. The zero-order valence-corrected chi connectivity index (χ0v) is 17.0. The van der Waals surface area contributed by atoms with E-state index in [0.717, 1.165) is 16.3 Å². The van der Waals surface area contributed by atoms with Crippen LogP contribution in [0.15, 0.2) is 48.5 Å². The van der Waals surface area contributed by atoms with E-state index >= 15 is 0 Å². The Bertz CT molecular complexity index is 1080. The van der Waals surface area contributed by atoms with Crippen LogP contribution in [0.5, 0.6) is 11.5 Å². The van der Waals surface area contributed by atoms with Crippen molar-refractivity contribution in [3.63, 3.8) is 0 Å². The Morgan fingerprint density at radius 1 is 0.966 bits per heavy atom. The number of hydrogen-bond acceptors (Lipinski definition) is 5. The van der Waals surface area contributed by atoms with Gasteiger partial charge in [0.05, 0.1) is 19.9 Å². The average molecular weight is 414 g/mol. The molecule has 0 fully saturated rings. The van der Waals surface area contributed by atoms with Crippen molar-refractivity contribution in [1.82, 2.24) is 0 Å². The van der Waals surface area contributed by atoms with E-state index in [0.29, 0.717) is 22.2 Å². The van der Waals surface area contributed by atoms with Crippen LogP contribution >= 0.6 is 11.6 Å². The van der Waals surface area contributed by atoms with Gasteiger partial charge in [-0.05, 0) is 41.5 Å². The van der Waals surface area contributed by atoms with Crippen LogP contribution in [0.4, 0.5) is 5.69 Å². The molecule has 3 rings (SSSR count). The highest BCUT2D eigenvalue weighted by Crippen LogP contribution is 2.31. The first kappa shape index (κ1) is 20.5. The number of nitrogens with one attached hydrogen (secondary N) is 1. The molecule has 0 radical (unpaired) electrons. The maximum atomic E-state index is 12.5. The fourth-order valence-electron chi connectivity index (χ4n) is 2.87. The highest BCUT2D eigenvalue weighted by Gasteiger charge is 2.17. The van der Waals surface area contributed by atoms with Crippen molar-refractivity contribution in [2.75, 3.05) is 26.1 Å². The maximum Gasteiger partial charge on any atom is 0.342 e. The van der Waals surface area contributed by atoms with Gasteiger partial charge in [0.1, 0.15) is 17.1 Å². The molecule has 0 aromatic heterocycles. The summed E-state index contributed by atoms with van der Waals surface area (Å²) in [7, 11) is 2.95. The second kappa shape index (κ2) is 8.84. The van der Waals surface area contributed by atoms with Gasteiger partial charge in [0, 0.05) is 11.1 Å². The SMILES string of the molecule is COc1cc(Cl)c(C)cc1NC(=O)COC(=O)c1cc2ccccc2cc1OC. The Labute approximate surface area is 173 Å². The number of anilines is 1. The van der Waals surface area contributed by atoms with Crippen molar-refractivity contribution in [1.29, 1.82) is 0 Å². The summed E-state index contributed by atoms with van der Waals surface area (Å²) in [5.74, 6) is -0.360. The van der Waals surface area contributed by atoms with Crippen LogP contribution in [0.25, 0.3) is 10.8 Å². The van der Waals surface area contributed by atoms with Crippen molar-refractivity contribution in [3.05, 3.63) is 64.7 Å². The minimum Gasteiger partial charge on any atom is -0.496 e. The molecule has 3 aromatic carbocycles. The molecule has 0 heterocycles. The molecule has 1 amide bonds. The van der Waals surface area contributed by atoms with E-state index in [1.54, 1.807) is 24.3 Å². The van der Waals surface area contributed by atoms with Gasteiger partial charge in [-0.2, -0.15) is 0 Å². The van der Waals surface area contributed by atoms with E-state index in [1.165, 1.54) is 14.2 Å². The lowest BCUT2D eigenvalue weighted by molar-refractivity contribution is -0.119. The molecule has 6 nitrogen and oxygen atoms in total. The molecule has 0 bridgehead atoms. The molecule has 7 heteroatoms. The molecule has 0 atom stereocenters.